The Labute approximate surface area is 273 Å². The normalized spacial score (nSPS) is 20.2. The van der Waals surface area contributed by atoms with Crippen molar-refractivity contribution in [2.45, 2.75) is 89.8 Å². The first-order valence-electron chi connectivity index (χ1n) is 16.5. The number of hydrogen-bond acceptors (Lipinski definition) is 6. The van der Waals surface area contributed by atoms with Crippen LogP contribution in [-0.4, -0.2) is 95.1 Å². The maximum atomic E-state index is 14.2. The molecule has 0 radical (unpaired) electrons. The molecule has 10 nitrogen and oxygen atoms in total. The standard InChI is InChI=1S/C36H49N5O5/c1-34(2,3)27-16-14-26(15-17-27)31(43)38-21-18-36(19-22-38)32(44)40(25-41(36)29-12-8-7-9-13-29)24-30(42)39-20-10-11-28(23-39)37-33(45)46-35(4,5)6/h7-9,12-17,28H,10-11,18-25H2,1-6H3,(H,37,45). The molecule has 10 heteroatoms. The number of hydrogen-bond donors (Lipinski definition) is 1. The molecular formula is C36H49N5O5. The van der Waals surface area contributed by atoms with Crippen molar-refractivity contribution in [3.63, 3.8) is 0 Å². The van der Waals surface area contributed by atoms with Crippen LogP contribution >= 0.6 is 0 Å². The van der Waals surface area contributed by atoms with E-state index in [4.69, 9.17) is 4.74 Å². The van der Waals surface area contributed by atoms with Crippen molar-refractivity contribution in [2.24, 2.45) is 0 Å². The molecule has 46 heavy (non-hydrogen) atoms. The Balaban J connectivity index is 1.26. The number of ether oxygens (including phenoxy) is 1. The van der Waals surface area contributed by atoms with Crippen LogP contribution in [0.5, 0.6) is 0 Å². The second-order valence-corrected chi connectivity index (χ2v) is 14.9. The molecule has 248 valence electrons. The third kappa shape index (κ3) is 7.32. The van der Waals surface area contributed by atoms with Crippen molar-refractivity contribution in [3.05, 3.63) is 65.7 Å². The van der Waals surface area contributed by atoms with Crippen molar-refractivity contribution < 1.29 is 23.9 Å². The molecule has 0 aromatic heterocycles. The van der Waals surface area contributed by atoms with Crippen molar-refractivity contribution in [1.82, 2.24) is 20.0 Å². The van der Waals surface area contributed by atoms with Crippen LogP contribution in [0.2, 0.25) is 0 Å². The van der Waals surface area contributed by atoms with Gasteiger partial charge < -0.3 is 29.7 Å². The molecule has 2 aromatic rings. The van der Waals surface area contributed by atoms with E-state index < -0.39 is 17.2 Å². The minimum Gasteiger partial charge on any atom is -0.444 e. The highest BCUT2D eigenvalue weighted by atomic mass is 16.6. The molecule has 3 heterocycles. The van der Waals surface area contributed by atoms with Crippen molar-refractivity contribution in [2.75, 3.05) is 44.3 Å². The van der Waals surface area contributed by atoms with Gasteiger partial charge in [0.2, 0.25) is 5.91 Å². The van der Waals surface area contributed by atoms with Gasteiger partial charge >= 0.3 is 6.09 Å². The van der Waals surface area contributed by atoms with E-state index in [1.807, 2.05) is 80.3 Å². The average Bonchev–Trinajstić information content (AvgIpc) is 3.26. The SMILES string of the molecule is CC(C)(C)OC(=O)NC1CCCN(C(=O)CN2CN(c3ccccc3)C3(CCN(C(=O)c4ccc(C(C)(C)C)cc4)CC3)C2=O)C1. The molecule has 0 bridgehead atoms. The maximum Gasteiger partial charge on any atom is 0.407 e. The smallest absolute Gasteiger partial charge is 0.407 e. The van der Waals surface area contributed by atoms with E-state index in [-0.39, 0.29) is 35.7 Å². The molecule has 1 spiro atoms. The molecule has 3 fully saturated rings. The fourth-order valence-electron chi connectivity index (χ4n) is 6.76. The van der Waals surface area contributed by atoms with E-state index in [2.05, 4.69) is 31.0 Å². The van der Waals surface area contributed by atoms with Gasteiger partial charge in [0.15, 0.2) is 0 Å². The first-order chi connectivity index (χ1) is 21.7. The summed E-state index contributed by atoms with van der Waals surface area (Å²) in [7, 11) is 0. The summed E-state index contributed by atoms with van der Waals surface area (Å²) < 4.78 is 5.40. The second kappa shape index (κ2) is 13.0. The molecule has 5 rings (SSSR count). The molecule has 3 aliphatic heterocycles. The van der Waals surface area contributed by atoms with Crippen molar-refractivity contribution in [3.8, 4) is 0 Å². The summed E-state index contributed by atoms with van der Waals surface area (Å²) in [6.45, 7) is 14.0. The van der Waals surface area contributed by atoms with Crippen LogP contribution in [-0.2, 0) is 19.7 Å². The number of carbonyl (C=O) groups is 4. The van der Waals surface area contributed by atoms with Gasteiger partial charge in [-0.05, 0) is 81.7 Å². The lowest BCUT2D eigenvalue weighted by atomic mass is 9.84. The third-order valence-corrected chi connectivity index (χ3v) is 9.28. The molecule has 3 aliphatic rings. The van der Waals surface area contributed by atoms with Crippen LogP contribution in [0.1, 0.15) is 83.1 Å². The summed E-state index contributed by atoms with van der Waals surface area (Å²) in [5.74, 6) is -0.245. The van der Waals surface area contributed by atoms with E-state index in [1.54, 1.807) is 9.80 Å². The molecule has 1 N–H and O–H groups in total. The van der Waals surface area contributed by atoms with Crippen LogP contribution in [0.3, 0.4) is 0 Å². The summed E-state index contributed by atoms with van der Waals surface area (Å²) in [6, 6.07) is 17.4. The first-order valence-corrected chi connectivity index (χ1v) is 16.5. The van der Waals surface area contributed by atoms with Crippen LogP contribution in [0, 0.1) is 0 Å². The number of benzene rings is 2. The zero-order valence-electron chi connectivity index (χ0n) is 28.2. The Morgan fingerprint density at radius 1 is 0.891 bits per heavy atom. The van der Waals surface area contributed by atoms with E-state index in [9.17, 15) is 19.2 Å². The minimum absolute atomic E-state index is 0.00273. The lowest BCUT2D eigenvalue weighted by molar-refractivity contribution is -0.141. The van der Waals surface area contributed by atoms with E-state index in [1.165, 1.54) is 5.56 Å². The second-order valence-electron chi connectivity index (χ2n) is 14.9. The Hall–Kier alpha value is -4.08. The number of rotatable bonds is 5. The highest BCUT2D eigenvalue weighted by molar-refractivity contribution is 5.97. The molecule has 0 aliphatic carbocycles. The fraction of sp³-hybridized carbons (Fsp3) is 0.556. The lowest BCUT2D eigenvalue weighted by Gasteiger charge is -2.43. The number of amides is 4. The summed E-state index contributed by atoms with van der Waals surface area (Å²) in [5, 5.41) is 2.90. The number of piperidine rings is 2. The molecular weight excluding hydrogens is 582 g/mol. The number of alkyl carbamates (subject to hydrolysis) is 1. The largest absolute Gasteiger partial charge is 0.444 e. The van der Waals surface area contributed by atoms with Gasteiger partial charge in [0.1, 0.15) is 17.7 Å². The van der Waals surface area contributed by atoms with Crippen LogP contribution in [0.4, 0.5) is 10.5 Å². The van der Waals surface area contributed by atoms with Gasteiger partial charge in [0.25, 0.3) is 11.8 Å². The summed E-state index contributed by atoms with van der Waals surface area (Å²) in [5.41, 5.74) is 1.30. The van der Waals surface area contributed by atoms with E-state index >= 15 is 0 Å². The van der Waals surface area contributed by atoms with Gasteiger partial charge in [-0.3, -0.25) is 14.4 Å². The number of likely N-dealkylation sites (tertiary alicyclic amines) is 2. The van der Waals surface area contributed by atoms with E-state index in [0.29, 0.717) is 51.3 Å². The Morgan fingerprint density at radius 2 is 1.54 bits per heavy atom. The van der Waals surface area contributed by atoms with Gasteiger partial charge in [-0.1, -0.05) is 51.1 Å². The predicted octanol–water partition coefficient (Wildman–Crippen LogP) is 4.78. The maximum absolute atomic E-state index is 14.2. The van der Waals surface area contributed by atoms with Crippen LogP contribution in [0.25, 0.3) is 0 Å². The summed E-state index contributed by atoms with van der Waals surface area (Å²) in [4.78, 5) is 61.0. The third-order valence-electron chi connectivity index (χ3n) is 9.28. The van der Waals surface area contributed by atoms with Gasteiger partial charge in [-0.25, -0.2) is 4.79 Å². The van der Waals surface area contributed by atoms with Crippen LogP contribution in [0.15, 0.2) is 54.6 Å². The Morgan fingerprint density at radius 3 is 2.15 bits per heavy atom. The number of carbonyl (C=O) groups excluding carboxylic acids is 4. The monoisotopic (exact) mass is 631 g/mol. The fourth-order valence-corrected chi connectivity index (χ4v) is 6.76. The van der Waals surface area contributed by atoms with Gasteiger partial charge in [0, 0.05) is 43.5 Å². The number of para-hydroxylation sites is 1. The van der Waals surface area contributed by atoms with Gasteiger partial charge in [-0.15, -0.1) is 0 Å². The zero-order valence-corrected chi connectivity index (χ0v) is 28.2. The van der Waals surface area contributed by atoms with Gasteiger partial charge in [-0.2, -0.15) is 0 Å². The van der Waals surface area contributed by atoms with Crippen molar-refractivity contribution >= 4 is 29.5 Å². The molecule has 0 saturated carbocycles. The van der Waals surface area contributed by atoms with Crippen LogP contribution < -0.4 is 10.2 Å². The topological polar surface area (TPSA) is 102 Å². The Kier molecular flexibility index (Phi) is 9.38. The number of anilines is 1. The van der Waals surface area contributed by atoms with Gasteiger partial charge in [0.05, 0.1) is 6.67 Å². The molecule has 2 aromatic carbocycles. The first kappa shape index (κ1) is 33.3. The average molecular weight is 632 g/mol. The van der Waals surface area contributed by atoms with E-state index in [0.717, 1.165) is 18.5 Å². The molecule has 3 saturated heterocycles. The predicted molar refractivity (Wildman–Crippen MR) is 177 cm³/mol. The highest BCUT2D eigenvalue weighted by Gasteiger charge is 2.54. The van der Waals surface area contributed by atoms with Crippen molar-refractivity contribution in [1.29, 1.82) is 0 Å². The number of nitrogens with one attached hydrogen (secondary N) is 1. The number of nitrogens with zero attached hydrogens (tertiary/aromatic N) is 4. The highest BCUT2D eigenvalue weighted by Crippen LogP contribution is 2.40. The zero-order chi connectivity index (χ0) is 33.3. The summed E-state index contributed by atoms with van der Waals surface area (Å²) >= 11 is 0. The quantitative estimate of drug-likeness (QED) is 0.510. The summed E-state index contributed by atoms with van der Waals surface area (Å²) in [6.07, 6.45) is 1.97. The Bertz CT molecular complexity index is 1420. The molecule has 1 atom stereocenters. The minimum atomic E-state index is -0.836. The lowest BCUT2D eigenvalue weighted by Crippen LogP contribution is -2.57. The molecule has 4 amide bonds. The molecule has 1 unspecified atom stereocenters.